The fraction of sp³-hybridized carbons (Fsp3) is 0.571. The molecule has 1 aromatic rings. The van der Waals surface area contributed by atoms with Crippen LogP contribution < -0.4 is 4.74 Å². The lowest BCUT2D eigenvalue weighted by molar-refractivity contribution is -0.0656. The van der Waals surface area contributed by atoms with Crippen molar-refractivity contribution < 1.29 is 9.47 Å². The first kappa shape index (κ1) is 12.7. The molecule has 0 bridgehead atoms. The second-order valence-electron chi connectivity index (χ2n) is 4.41. The van der Waals surface area contributed by atoms with Crippen molar-refractivity contribution in [3.05, 3.63) is 29.3 Å². The van der Waals surface area contributed by atoms with E-state index in [1.807, 2.05) is 6.07 Å². The lowest BCUT2D eigenvalue weighted by atomic mass is 9.82. The van der Waals surface area contributed by atoms with Crippen molar-refractivity contribution in [1.29, 1.82) is 0 Å². The van der Waals surface area contributed by atoms with Gasteiger partial charge in [0.05, 0.1) is 19.3 Å². The molecule has 0 aliphatic carbocycles. The Bertz CT molecular complexity index is 392. The first-order valence-corrected chi connectivity index (χ1v) is 6.66. The van der Waals surface area contributed by atoms with Gasteiger partial charge in [0.1, 0.15) is 5.75 Å². The average Bonchev–Trinajstić information content (AvgIpc) is 2.38. The maximum Gasteiger partial charge on any atom is 0.119 e. The molecular formula is C14H19ClO2. The first-order valence-electron chi connectivity index (χ1n) is 6.13. The van der Waals surface area contributed by atoms with Crippen molar-refractivity contribution >= 4 is 11.6 Å². The van der Waals surface area contributed by atoms with Gasteiger partial charge in [-0.05, 0) is 42.5 Å². The van der Waals surface area contributed by atoms with Gasteiger partial charge in [-0.15, -0.1) is 11.6 Å². The minimum absolute atomic E-state index is 0.193. The molecule has 3 heteroatoms. The normalized spacial score (nSPS) is 23.2. The summed E-state index contributed by atoms with van der Waals surface area (Å²) in [5.41, 5.74) is 2.43. The fourth-order valence-electron chi connectivity index (χ4n) is 2.61. The van der Waals surface area contributed by atoms with Crippen LogP contribution in [0.15, 0.2) is 18.2 Å². The number of halogens is 1. The molecule has 1 atom stereocenters. The zero-order chi connectivity index (χ0) is 12.3. The van der Waals surface area contributed by atoms with Crippen LogP contribution in [0.5, 0.6) is 5.75 Å². The van der Waals surface area contributed by atoms with E-state index in [4.69, 9.17) is 21.1 Å². The summed E-state index contributed by atoms with van der Waals surface area (Å²) in [4.78, 5) is 0. The molecule has 1 heterocycles. The van der Waals surface area contributed by atoms with Gasteiger partial charge in [0.2, 0.25) is 0 Å². The average molecular weight is 255 g/mol. The number of hydrogen-bond acceptors (Lipinski definition) is 2. The molecule has 2 rings (SSSR count). The van der Waals surface area contributed by atoms with Gasteiger partial charge in [0.25, 0.3) is 0 Å². The van der Waals surface area contributed by atoms with E-state index in [-0.39, 0.29) is 5.60 Å². The van der Waals surface area contributed by atoms with E-state index in [9.17, 15) is 0 Å². The van der Waals surface area contributed by atoms with Crippen LogP contribution in [0.2, 0.25) is 0 Å². The highest BCUT2D eigenvalue weighted by Crippen LogP contribution is 2.40. The highest BCUT2D eigenvalue weighted by atomic mass is 35.5. The summed E-state index contributed by atoms with van der Waals surface area (Å²) >= 11 is 5.92. The number of ether oxygens (including phenoxy) is 2. The molecule has 0 saturated carbocycles. The zero-order valence-corrected chi connectivity index (χ0v) is 11.2. The van der Waals surface area contributed by atoms with Crippen LogP contribution in [0.25, 0.3) is 0 Å². The Labute approximate surface area is 108 Å². The largest absolute Gasteiger partial charge is 0.497 e. The van der Waals surface area contributed by atoms with Crippen molar-refractivity contribution in [2.24, 2.45) is 0 Å². The van der Waals surface area contributed by atoms with Crippen LogP contribution >= 0.6 is 11.6 Å². The standard InChI is InChI=1S/C14H19ClO2/c1-3-14(7-8-15)13-5-4-12(16-2)10-11(13)6-9-17-14/h4-5,10H,3,6-9H2,1-2H3. The maximum atomic E-state index is 6.03. The smallest absolute Gasteiger partial charge is 0.119 e. The molecule has 0 N–H and O–H groups in total. The second kappa shape index (κ2) is 5.28. The highest BCUT2D eigenvalue weighted by molar-refractivity contribution is 6.17. The van der Waals surface area contributed by atoms with Gasteiger partial charge in [0.15, 0.2) is 0 Å². The Hall–Kier alpha value is -0.730. The van der Waals surface area contributed by atoms with Crippen LogP contribution in [0, 0.1) is 0 Å². The Kier molecular flexibility index (Phi) is 3.95. The van der Waals surface area contributed by atoms with Crippen molar-refractivity contribution in [2.75, 3.05) is 19.6 Å². The van der Waals surface area contributed by atoms with Gasteiger partial charge in [-0.1, -0.05) is 13.0 Å². The lowest BCUT2D eigenvalue weighted by Gasteiger charge is -2.38. The van der Waals surface area contributed by atoms with Crippen molar-refractivity contribution in [1.82, 2.24) is 0 Å². The monoisotopic (exact) mass is 254 g/mol. The fourth-order valence-corrected chi connectivity index (χ4v) is 2.92. The Morgan fingerprint density at radius 3 is 2.94 bits per heavy atom. The van der Waals surface area contributed by atoms with Crippen molar-refractivity contribution in [3.8, 4) is 5.75 Å². The molecule has 1 aliphatic rings. The van der Waals surface area contributed by atoms with E-state index in [1.54, 1.807) is 7.11 Å². The van der Waals surface area contributed by atoms with E-state index in [2.05, 4.69) is 19.1 Å². The predicted molar refractivity (Wildman–Crippen MR) is 70.0 cm³/mol. The molecule has 1 unspecified atom stereocenters. The minimum atomic E-state index is -0.193. The van der Waals surface area contributed by atoms with Gasteiger partial charge in [-0.25, -0.2) is 0 Å². The summed E-state index contributed by atoms with van der Waals surface area (Å²) in [6.07, 6.45) is 2.78. The van der Waals surface area contributed by atoms with Gasteiger partial charge in [-0.2, -0.15) is 0 Å². The Morgan fingerprint density at radius 1 is 1.47 bits per heavy atom. The topological polar surface area (TPSA) is 18.5 Å². The maximum absolute atomic E-state index is 6.03. The number of benzene rings is 1. The van der Waals surface area contributed by atoms with E-state index in [0.717, 1.165) is 31.6 Å². The molecule has 1 aromatic carbocycles. The van der Waals surface area contributed by atoms with Crippen molar-refractivity contribution in [2.45, 2.75) is 31.8 Å². The molecule has 0 fully saturated rings. The first-order chi connectivity index (χ1) is 8.25. The summed E-state index contributed by atoms with van der Waals surface area (Å²) in [6.45, 7) is 2.93. The molecule has 0 amide bonds. The highest BCUT2D eigenvalue weighted by Gasteiger charge is 2.35. The molecule has 0 radical (unpaired) electrons. The third-order valence-corrected chi connectivity index (χ3v) is 3.81. The van der Waals surface area contributed by atoms with Crippen LogP contribution in [0.3, 0.4) is 0 Å². The molecule has 0 spiro atoms. The molecular weight excluding hydrogens is 236 g/mol. The third-order valence-electron chi connectivity index (χ3n) is 3.62. The Balaban J connectivity index is 2.42. The van der Waals surface area contributed by atoms with Crippen LogP contribution in [-0.4, -0.2) is 19.6 Å². The third kappa shape index (κ3) is 2.29. The summed E-state index contributed by atoms with van der Waals surface area (Å²) in [7, 11) is 1.70. The summed E-state index contributed by atoms with van der Waals surface area (Å²) < 4.78 is 11.3. The summed E-state index contributed by atoms with van der Waals surface area (Å²) in [5.74, 6) is 1.54. The predicted octanol–water partition coefficient (Wildman–Crippen LogP) is 3.50. The van der Waals surface area contributed by atoms with Gasteiger partial charge in [0, 0.05) is 5.88 Å². The van der Waals surface area contributed by atoms with Crippen LogP contribution in [-0.2, 0) is 16.8 Å². The quantitative estimate of drug-likeness (QED) is 0.766. The molecule has 94 valence electrons. The molecule has 1 aliphatic heterocycles. The molecule has 0 aromatic heterocycles. The summed E-state index contributed by atoms with van der Waals surface area (Å²) in [5, 5.41) is 0. The van der Waals surface area contributed by atoms with Gasteiger partial charge in [-0.3, -0.25) is 0 Å². The number of hydrogen-bond donors (Lipinski definition) is 0. The number of methoxy groups -OCH3 is 1. The van der Waals surface area contributed by atoms with E-state index in [0.29, 0.717) is 5.88 Å². The molecule has 0 saturated heterocycles. The number of fused-ring (bicyclic) bond motifs is 1. The number of rotatable bonds is 4. The SMILES string of the molecule is CCC1(CCCl)OCCc2cc(OC)ccc21. The molecule has 2 nitrogen and oxygen atoms in total. The van der Waals surface area contributed by atoms with Gasteiger partial charge < -0.3 is 9.47 Å². The van der Waals surface area contributed by atoms with Crippen LogP contribution in [0.1, 0.15) is 30.9 Å². The van der Waals surface area contributed by atoms with E-state index in [1.165, 1.54) is 11.1 Å². The lowest BCUT2D eigenvalue weighted by Crippen LogP contribution is -2.35. The second-order valence-corrected chi connectivity index (χ2v) is 4.79. The van der Waals surface area contributed by atoms with Crippen molar-refractivity contribution in [3.63, 3.8) is 0 Å². The number of alkyl halides is 1. The van der Waals surface area contributed by atoms with E-state index < -0.39 is 0 Å². The zero-order valence-electron chi connectivity index (χ0n) is 10.5. The minimum Gasteiger partial charge on any atom is -0.497 e. The summed E-state index contributed by atoms with van der Waals surface area (Å²) in [6, 6.07) is 6.26. The van der Waals surface area contributed by atoms with Gasteiger partial charge >= 0.3 is 0 Å². The Morgan fingerprint density at radius 2 is 2.29 bits per heavy atom. The molecule has 17 heavy (non-hydrogen) atoms. The van der Waals surface area contributed by atoms with E-state index >= 15 is 0 Å². The van der Waals surface area contributed by atoms with Crippen LogP contribution in [0.4, 0.5) is 0 Å².